The van der Waals surface area contributed by atoms with Crippen LogP contribution in [0.5, 0.6) is 11.5 Å². The molecule has 2 aromatic heterocycles. The number of benzene rings is 1. The van der Waals surface area contributed by atoms with Gasteiger partial charge in [0.15, 0.2) is 11.5 Å². The number of hydrogen-bond acceptors (Lipinski definition) is 7. The van der Waals surface area contributed by atoms with Crippen molar-refractivity contribution in [2.24, 2.45) is 0 Å². The maximum absolute atomic E-state index is 12.8. The summed E-state index contributed by atoms with van der Waals surface area (Å²) in [5.41, 5.74) is 1.91. The van der Waals surface area contributed by atoms with E-state index in [0.717, 1.165) is 35.4 Å². The Morgan fingerprint density at radius 3 is 2.96 bits per heavy atom. The highest BCUT2D eigenvalue weighted by molar-refractivity contribution is 7.12. The number of piperidine rings is 1. The van der Waals surface area contributed by atoms with Crippen molar-refractivity contribution in [2.75, 3.05) is 19.9 Å². The van der Waals surface area contributed by atoms with Crippen LogP contribution in [0.4, 0.5) is 0 Å². The molecule has 0 spiro atoms. The fourth-order valence-electron chi connectivity index (χ4n) is 3.61. The first kappa shape index (κ1) is 17.2. The minimum Gasteiger partial charge on any atom is -0.454 e. The van der Waals surface area contributed by atoms with Gasteiger partial charge in [0.05, 0.1) is 10.8 Å². The van der Waals surface area contributed by atoms with Gasteiger partial charge in [-0.25, -0.2) is 0 Å². The lowest BCUT2D eigenvalue weighted by Gasteiger charge is -2.30. The molecule has 28 heavy (non-hydrogen) atoms. The molecule has 1 fully saturated rings. The van der Waals surface area contributed by atoms with E-state index in [4.69, 9.17) is 13.9 Å². The van der Waals surface area contributed by atoms with Crippen LogP contribution in [0.1, 0.15) is 39.9 Å². The van der Waals surface area contributed by atoms with Gasteiger partial charge in [0, 0.05) is 18.7 Å². The summed E-state index contributed by atoms with van der Waals surface area (Å²) in [4.78, 5) is 15.4. The van der Waals surface area contributed by atoms with Crippen LogP contribution in [0.15, 0.2) is 34.1 Å². The highest BCUT2D eigenvalue weighted by Gasteiger charge is 2.29. The number of likely N-dealkylation sites (tertiary alicyclic amines) is 1. The zero-order valence-electron chi connectivity index (χ0n) is 15.4. The summed E-state index contributed by atoms with van der Waals surface area (Å²) in [6.07, 6.45) is 1.85. The molecule has 5 rings (SSSR count). The number of carbonyl (C=O) groups excluding carboxylic acids is 1. The van der Waals surface area contributed by atoms with E-state index in [0.29, 0.717) is 29.8 Å². The second-order valence-electron chi connectivity index (χ2n) is 7.09. The quantitative estimate of drug-likeness (QED) is 0.668. The Hall–Kier alpha value is -2.87. The van der Waals surface area contributed by atoms with E-state index in [1.54, 1.807) is 0 Å². The Balaban J connectivity index is 1.33. The molecule has 1 unspecified atom stereocenters. The third-order valence-corrected chi connectivity index (χ3v) is 6.10. The molecule has 0 radical (unpaired) electrons. The number of fused-ring (bicyclic) bond motifs is 1. The number of aryl methyl sites for hydroxylation is 1. The zero-order valence-corrected chi connectivity index (χ0v) is 16.2. The van der Waals surface area contributed by atoms with Gasteiger partial charge in [-0.1, -0.05) is 0 Å². The average Bonchev–Trinajstić information content (AvgIpc) is 3.47. The van der Waals surface area contributed by atoms with Gasteiger partial charge in [-0.2, -0.15) is 0 Å². The van der Waals surface area contributed by atoms with Crippen LogP contribution in [-0.2, 0) is 0 Å². The molecule has 3 aromatic rings. The van der Waals surface area contributed by atoms with Crippen LogP contribution in [0.3, 0.4) is 0 Å². The fraction of sp³-hybridized carbons (Fsp3) is 0.350. The summed E-state index contributed by atoms with van der Waals surface area (Å²) in [6, 6.07) is 7.50. The molecule has 0 bridgehead atoms. The highest BCUT2D eigenvalue weighted by atomic mass is 32.1. The molecule has 1 saturated heterocycles. The van der Waals surface area contributed by atoms with Crippen LogP contribution in [0, 0.1) is 6.92 Å². The number of ether oxygens (including phenoxy) is 2. The van der Waals surface area contributed by atoms with E-state index < -0.39 is 0 Å². The largest absolute Gasteiger partial charge is 0.454 e. The Labute approximate surface area is 165 Å². The van der Waals surface area contributed by atoms with Crippen molar-refractivity contribution in [3.63, 3.8) is 0 Å². The van der Waals surface area contributed by atoms with Crippen molar-refractivity contribution >= 4 is 17.2 Å². The maximum atomic E-state index is 12.8. The first-order chi connectivity index (χ1) is 13.7. The fourth-order valence-corrected chi connectivity index (χ4v) is 4.47. The Bertz CT molecular complexity index is 1030. The van der Waals surface area contributed by atoms with Gasteiger partial charge < -0.3 is 18.8 Å². The number of amides is 1. The van der Waals surface area contributed by atoms with Crippen LogP contribution in [0.2, 0.25) is 0 Å². The Kier molecular flexibility index (Phi) is 4.27. The number of thiophene rings is 1. The van der Waals surface area contributed by atoms with E-state index in [-0.39, 0.29) is 18.6 Å². The number of rotatable bonds is 3. The molecule has 2 aliphatic rings. The molecule has 8 heteroatoms. The molecule has 2 aliphatic heterocycles. The Morgan fingerprint density at radius 1 is 1.21 bits per heavy atom. The van der Waals surface area contributed by atoms with Gasteiger partial charge >= 0.3 is 0 Å². The van der Waals surface area contributed by atoms with Crippen molar-refractivity contribution < 1.29 is 18.7 Å². The molecule has 1 amide bonds. The van der Waals surface area contributed by atoms with Crippen molar-refractivity contribution in [3.8, 4) is 23.0 Å². The van der Waals surface area contributed by atoms with E-state index in [2.05, 4.69) is 10.2 Å². The van der Waals surface area contributed by atoms with Crippen molar-refractivity contribution in [2.45, 2.75) is 25.7 Å². The van der Waals surface area contributed by atoms with Gasteiger partial charge in [0.2, 0.25) is 18.6 Å². The van der Waals surface area contributed by atoms with E-state index in [1.165, 1.54) is 11.3 Å². The van der Waals surface area contributed by atoms with Crippen molar-refractivity contribution in [1.82, 2.24) is 15.1 Å². The lowest BCUT2D eigenvalue weighted by molar-refractivity contribution is 0.0703. The number of carbonyl (C=O) groups is 1. The van der Waals surface area contributed by atoms with Gasteiger partial charge in [-0.15, -0.1) is 21.5 Å². The maximum Gasteiger partial charge on any atom is 0.263 e. The van der Waals surface area contributed by atoms with Crippen molar-refractivity contribution in [1.29, 1.82) is 0 Å². The Morgan fingerprint density at radius 2 is 2.11 bits per heavy atom. The SMILES string of the molecule is Cc1csc(C(=O)N2CCCC(c3nnc(-c4ccc5c(c4)OCO5)o3)C2)c1. The first-order valence-electron chi connectivity index (χ1n) is 9.25. The normalized spacial score (nSPS) is 18.5. The van der Waals surface area contributed by atoms with Gasteiger partial charge in [-0.05, 0) is 55.0 Å². The van der Waals surface area contributed by atoms with Crippen molar-refractivity contribution in [3.05, 3.63) is 46.0 Å². The van der Waals surface area contributed by atoms with E-state index in [9.17, 15) is 4.79 Å². The standard InChI is InChI=1S/C20H19N3O4S/c1-12-7-17(28-10-12)20(24)23-6-2-3-14(9-23)19-22-21-18(27-19)13-4-5-15-16(8-13)26-11-25-15/h4-5,7-8,10,14H,2-3,6,9,11H2,1H3. The average molecular weight is 397 g/mol. The summed E-state index contributed by atoms with van der Waals surface area (Å²) < 4.78 is 16.7. The predicted octanol–water partition coefficient (Wildman–Crippen LogP) is 3.86. The molecule has 7 nitrogen and oxygen atoms in total. The molecule has 0 aliphatic carbocycles. The second-order valence-corrected chi connectivity index (χ2v) is 8.00. The highest BCUT2D eigenvalue weighted by Crippen LogP contribution is 2.36. The molecular formula is C20H19N3O4S. The summed E-state index contributed by atoms with van der Waals surface area (Å²) in [6.45, 7) is 3.58. The number of aromatic nitrogens is 2. The summed E-state index contributed by atoms with van der Waals surface area (Å²) in [7, 11) is 0. The topological polar surface area (TPSA) is 77.7 Å². The molecule has 0 N–H and O–H groups in total. The van der Waals surface area contributed by atoms with Crippen LogP contribution in [0.25, 0.3) is 11.5 Å². The van der Waals surface area contributed by atoms with E-state index in [1.807, 2.05) is 41.5 Å². The lowest BCUT2D eigenvalue weighted by atomic mass is 9.98. The lowest BCUT2D eigenvalue weighted by Crippen LogP contribution is -2.38. The third-order valence-electron chi connectivity index (χ3n) is 5.06. The van der Waals surface area contributed by atoms with Gasteiger partial charge in [0.25, 0.3) is 5.91 Å². The number of hydrogen-bond donors (Lipinski definition) is 0. The summed E-state index contributed by atoms with van der Waals surface area (Å²) in [5.74, 6) is 2.55. The molecular weight excluding hydrogens is 378 g/mol. The van der Waals surface area contributed by atoms with Crippen LogP contribution < -0.4 is 9.47 Å². The summed E-state index contributed by atoms with van der Waals surface area (Å²) >= 11 is 1.49. The molecule has 0 saturated carbocycles. The predicted molar refractivity (Wildman–Crippen MR) is 103 cm³/mol. The smallest absolute Gasteiger partial charge is 0.263 e. The third kappa shape index (κ3) is 3.13. The monoisotopic (exact) mass is 397 g/mol. The van der Waals surface area contributed by atoms with Crippen LogP contribution in [-0.4, -0.2) is 40.9 Å². The molecule has 1 aromatic carbocycles. The molecule has 4 heterocycles. The second kappa shape index (κ2) is 6.94. The molecule has 1 atom stereocenters. The minimum absolute atomic E-state index is 0.0500. The number of nitrogens with zero attached hydrogens (tertiary/aromatic N) is 3. The summed E-state index contributed by atoms with van der Waals surface area (Å²) in [5, 5.41) is 10.5. The first-order valence-corrected chi connectivity index (χ1v) is 10.1. The van der Waals surface area contributed by atoms with Crippen LogP contribution >= 0.6 is 11.3 Å². The van der Waals surface area contributed by atoms with E-state index >= 15 is 0 Å². The minimum atomic E-state index is 0.0500. The van der Waals surface area contributed by atoms with Gasteiger partial charge in [-0.3, -0.25) is 4.79 Å². The van der Waals surface area contributed by atoms with Gasteiger partial charge in [0.1, 0.15) is 0 Å². The zero-order chi connectivity index (χ0) is 19.1. The molecule has 144 valence electrons.